The molecule has 0 aliphatic heterocycles. The van der Waals surface area contributed by atoms with Crippen LogP contribution < -0.4 is 10.5 Å². The molecule has 1 heterocycles. The molecule has 19 heavy (non-hydrogen) atoms. The van der Waals surface area contributed by atoms with Gasteiger partial charge in [-0.1, -0.05) is 30.7 Å². The number of halogens is 1. The van der Waals surface area contributed by atoms with Crippen molar-refractivity contribution in [2.45, 2.75) is 32.4 Å². The van der Waals surface area contributed by atoms with E-state index in [0.29, 0.717) is 11.6 Å². The Morgan fingerprint density at radius 2 is 2.21 bits per heavy atom. The fourth-order valence-electron chi connectivity index (χ4n) is 1.83. The van der Waals surface area contributed by atoms with Crippen molar-refractivity contribution in [2.24, 2.45) is 5.73 Å². The molecule has 0 saturated heterocycles. The molecule has 0 aliphatic carbocycles. The fraction of sp³-hybridized carbons (Fsp3) is 0.333. The largest absolute Gasteiger partial charge is 0.487 e. The molecule has 102 valence electrons. The molecule has 0 fully saturated rings. The first kappa shape index (κ1) is 14.4. The molecule has 1 aromatic heterocycles. The number of nitrogens with two attached hydrogens (primary N) is 1. The summed E-state index contributed by atoms with van der Waals surface area (Å²) in [6.07, 6.45) is 1.73. The molecule has 0 aliphatic rings. The van der Waals surface area contributed by atoms with Gasteiger partial charge in [0.2, 0.25) is 0 Å². The number of para-hydroxylation sites is 1. The van der Waals surface area contributed by atoms with E-state index in [1.807, 2.05) is 23.6 Å². The Hall–Kier alpha value is -1.03. The van der Waals surface area contributed by atoms with Crippen molar-refractivity contribution in [2.75, 3.05) is 0 Å². The first-order valence-electron chi connectivity index (χ1n) is 6.37. The number of rotatable bonds is 6. The van der Waals surface area contributed by atoms with Crippen LogP contribution in [-0.4, -0.2) is 6.04 Å². The summed E-state index contributed by atoms with van der Waals surface area (Å²) >= 11 is 7.90. The Balaban J connectivity index is 2.13. The summed E-state index contributed by atoms with van der Waals surface area (Å²) in [6.45, 7) is 2.63. The van der Waals surface area contributed by atoms with Gasteiger partial charge in [-0.2, -0.15) is 11.3 Å². The summed E-state index contributed by atoms with van der Waals surface area (Å²) in [4.78, 5) is 0. The standard InChI is InChI=1S/C15H18ClNOS/c1-2-13(17)8-12-4-3-5-14(16)15(12)18-9-11-6-7-19-10-11/h3-7,10,13H,2,8-9,17H2,1H3. The maximum Gasteiger partial charge on any atom is 0.141 e. The Morgan fingerprint density at radius 3 is 2.89 bits per heavy atom. The van der Waals surface area contributed by atoms with Crippen molar-refractivity contribution in [1.29, 1.82) is 0 Å². The van der Waals surface area contributed by atoms with E-state index in [0.717, 1.165) is 29.7 Å². The first-order chi connectivity index (χ1) is 9.20. The highest BCUT2D eigenvalue weighted by Crippen LogP contribution is 2.30. The SMILES string of the molecule is CCC(N)Cc1cccc(Cl)c1OCc1ccsc1. The average Bonchev–Trinajstić information content (AvgIpc) is 2.91. The van der Waals surface area contributed by atoms with Crippen molar-refractivity contribution in [1.82, 2.24) is 0 Å². The molecule has 2 nitrogen and oxygen atoms in total. The lowest BCUT2D eigenvalue weighted by molar-refractivity contribution is 0.303. The van der Waals surface area contributed by atoms with Crippen LogP contribution in [0.3, 0.4) is 0 Å². The maximum absolute atomic E-state index is 6.23. The second-order valence-electron chi connectivity index (χ2n) is 4.52. The van der Waals surface area contributed by atoms with E-state index in [4.69, 9.17) is 22.1 Å². The molecular weight excluding hydrogens is 278 g/mol. The van der Waals surface area contributed by atoms with Gasteiger partial charge in [-0.05, 0) is 46.9 Å². The van der Waals surface area contributed by atoms with Gasteiger partial charge in [0, 0.05) is 6.04 Å². The number of hydrogen-bond donors (Lipinski definition) is 1. The number of thiophene rings is 1. The maximum atomic E-state index is 6.23. The number of benzene rings is 1. The van der Waals surface area contributed by atoms with Gasteiger partial charge in [0.15, 0.2) is 0 Å². The van der Waals surface area contributed by atoms with Gasteiger partial charge in [-0.15, -0.1) is 0 Å². The van der Waals surface area contributed by atoms with E-state index >= 15 is 0 Å². The van der Waals surface area contributed by atoms with Gasteiger partial charge >= 0.3 is 0 Å². The third kappa shape index (κ3) is 3.96. The zero-order valence-electron chi connectivity index (χ0n) is 10.9. The second-order valence-corrected chi connectivity index (χ2v) is 5.71. The van der Waals surface area contributed by atoms with Crippen LogP contribution in [0, 0.1) is 0 Å². The van der Waals surface area contributed by atoms with Crippen molar-refractivity contribution < 1.29 is 4.74 Å². The molecule has 0 bridgehead atoms. The van der Waals surface area contributed by atoms with E-state index in [-0.39, 0.29) is 6.04 Å². The molecule has 0 amide bonds. The van der Waals surface area contributed by atoms with Gasteiger partial charge in [-0.25, -0.2) is 0 Å². The zero-order chi connectivity index (χ0) is 13.7. The summed E-state index contributed by atoms with van der Waals surface area (Å²) in [6, 6.07) is 8.02. The monoisotopic (exact) mass is 295 g/mol. The van der Waals surface area contributed by atoms with Crippen LogP contribution in [0.15, 0.2) is 35.0 Å². The zero-order valence-corrected chi connectivity index (χ0v) is 12.5. The van der Waals surface area contributed by atoms with Crippen molar-refractivity contribution in [3.8, 4) is 5.75 Å². The van der Waals surface area contributed by atoms with Crippen molar-refractivity contribution >= 4 is 22.9 Å². The van der Waals surface area contributed by atoms with Gasteiger partial charge in [0.25, 0.3) is 0 Å². The first-order valence-corrected chi connectivity index (χ1v) is 7.69. The Bertz CT molecular complexity index is 513. The highest BCUT2D eigenvalue weighted by atomic mass is 35.5. The molecule has 2 rings (SSSR count). The minimum absolute atomic E-state index is 0.141. The molecule has 1 atom stereocenters. The van der Waals surface area contributed by atoms with E-state index < -0.39 is 0 Å². The van der Waals surface area contributed by atoms with Gasteiger partial charge in [0.1, 0.15) is 12.4 Å². The van der Waals surface area contributed by atoms with Crippen LogP contribution in [0.25, 0.3) is 0 Å². The van der Waals surface area contributed by atoms with Crippen LogP contribution in [0.1, 0.15) is 24.5 Å². The quantitative estimate of drug-likeness (QED) is 0.864. The summed E-state index contributed by atoms with van der Waals surface area (Å²) in [5.41, 5.74) is 8.26. The Kier molecular flexibility index (Phi) is 5.25. The minimum atomic E-state index is 0.141. The lowest BCUT2D eigenvalue weighted by Crippen LogP contribution is -2.21. The molecule has 0 radical (unpaired) electrons. The highest BCUT2D eigenvalue weighted by molar-refractivity contribution is 7.07. The van der Waals surface area contributed by atoms with Crippen LogP contribution >= 0.6 is 22.9 Å². The minimum Gasteiger partial charge on any atom is -0.487 e. The summed E-state index contributed by atoms with van der Waals surface area (Å²) in [7, 11) is 0. The number of hydrogen-bond acceptors (Lipinski definition) is 3. The van der Waals surface area contributed by atoms with E-state index in [9.17, 15) is 0 Å². The molecule has 1 unspecified atom stereocenters. The predicted octanol–water partition coefficient (Wildman–Crippen LogP) is 4.26. The lowest BCUT2D eigenvalue weighted by atomic mass is 10.0. The average molecular weight is 296 g/mol. The summed E-state index contributed by atoms with van der Waals surface area (Å²) < 4.78 is 5.88. The van der Waals surface area contributed by atoms with Crippen LogP contribution in [-0.2, 0) is 13.0 Å². The Labute approximate surface area is 123 Å². The summed E-state index contributed by atoms with van der Waals surface area (Å²) in [5.74, 6) is 0.763. The normalized spacial score (nSPS) is 12.4. The van der Waals surface area contributed by atoms with E-state index in [1.54, 1.807) is 11.3 Å². The van der Waals surface area contributed by atoms with Gasteiger partial charge in [-0.3, -0.25) is 0 Å². The van der Waals surface area contributed by atoms with Gasteiger partial charge in [0.05, 0.1) is 5.02 Å². The topological polar surface area (TPSA) is 35.2 Å². The second kappa shape index (κ2) is 6.94. The molecule has 4 heteroatoms. The van der Waals surface area contributed by atoms with Crippen LogP contribution in [0.5, 0.6) is 5.75 Å². The lowest BCUT2D eigenvalue weighted by Gasteiger charge is -2.15. The Morgan fingerprint density at radius 1 is 1.37 bits per heavy atom. The predicted molar refractivity (Wildman–Crippen MR) is 82.1 cm³/mol. The van der Waals surface area contributed by atoms with E-state index in [2.05, 4.69) is 18.4 Å². The van der Waals surface area contributed by atoms with Crippen molar-refractivity contribution in [3.05, 3.63) is 51.2 Å². The third-order valence-corrected chi connectivity index (χ3v) is 4.05. The highest BCUT2D eigenvalue weighted by Gasteiger charge is 2.11. The van der Waals surface area contributed by atoms with Crippen LogP contribution in [0.2, 0.25) is 5.02 Å². The third-order valence-electron chi connectivity index (χ3n) is 3.02. The van der Waals surface area contributed by atoms with E-state index in [1.165, 1.54) is 0 Å². The van der Waals surface area contributed by atoms with Crippen LogP contribution in [0.4, 0.5) is 0 Å². The molecule has 0 saturated carbocycles. The number of ether oxygens (including phenoxy) is 1. The molecule has 0 spiro atoms. The molecule has 1 aromatic carbocycles. The summed E-state index contributed by atoms with van der Waals surface area (Å²) in [5, 5.41) is 4.77. The molecular formula is C15H18ClNOS. The van der Waals surface area contributed by atoms with Crippen molar-refractivity contribution in [3.63, 3.8) is 0 Å². The fourth-order valence-corrected chi connectivity index (χ4v) is 2.73. The smallest absolute Gasteiger partial charge is 0.141 e. The molecule has 2 N–H and O–H groups in total. The van der Waals surface area contributed by atoms with Gasteiger partial charge < -0.3 is 10.5 Å². The molecule has 2 aromatic rings.